The number of halogens is 3. The molecule has 1 fully saturated rings. The first kappa shape index (κ1) is 22.0. The van der Waals surface area contributed by atoms with Crippen molar-refractivity contribution in [2.24, 2.45) is 0 Å². The van der Waals surface area contributed by atoms with E-state index in [2.05, 4.69) is 15.1 Å². The van der Waals surface area contributed by atoms with Crippen LogP contribution in [0.3, 0.4) is 0 Å². The highest BCUT2D eigenvalue weighted by Gasteiger charge is 2.26. The zero-order valence-electron chi connectivity index (χ0n) is 16.3. The van der Waals surface area contributed by atoms with Crippen molar-refractivity contribution in [3.63, 3.8) is 0 Å². The lowest BCUT2D eigenvalue weighted by Gasteiger charge is -2.18. The van der Waals surface area contributed by atoms with Gasteiger partial charge in [0.05, 0.1) is 10.6 Å². The number of sulfone groups is 1. The van der Waals surface area contributed by atoms with Crippen molar-refractivity contribution in [2.45, 2.75) is 34.4 Å². The third kappa shape index (κ3) is 4.70. The van der Waals surface area contributed by atoms with Crippen LogP contribution in [0.1, 0.15) is 18.4 Å². The average Bonchev–Trinajstić information content (AvgIpc) is 3.42. The molecular weight excluding hydrogens is 466 g/mol. The van der Waals surface area contributed by atoms with E-state index in [0.717, 1.165) is 43.1 Å². The zero-order valence-corrected chi connectivity index (χ0v) is 18.7. The van der Waals surface area contributed by atoms with Crippen molar-refractivity contribution in [3.8, 4) is 5.69 Å². The molecule has 11 heteroatoms. The van der Waals surface area contributed by atoms with Crippen LogP contribution in [0.25, 0.3) is 5.69 Å². The van der Waals surface area contributed by atoms with Gasteiger partial charge >= 0.3 is 5.76 Å². The predicted molar refractivity (Wildman–Crippen MR) is 117 cm³/mol. The van der Waals surface area contributed by atoms with E-state index in [9.17, 15) is 17.2 Å². The van der Waals surface area contributed by atoms with Gasteiger partial charge in [0.1, 0.15) is 0 Å². The van der Waals surface area contributed by atoms with Crippen LogP contribution < -0.4 is 4.90 Å². The summed E-state index contributed by atoms with van der Waals surface area (Å²) in [4.78, 5) is 1.79. The number of hydrogen-bond acceptors (Lipinski definition) is 6. The smallest absolute Gasteiger partial charge is 0.341 e. The van der Waals surface area contributed by atoms with Gasteiger partial charge in [-0.15, -0.1) is 10.2 Å². The Morgan fingerprint density at radius 1 is 1.06 bits per heavy atom. The van der Waals surface area contributed by atoms with E-state index in [1.807, 2.05) is 22.8 Å². The number of hydrogen-bond donors (Lipinski definition) is 0. The maximum absolute atomic E-state index is 12.7. The largest absolute Gasteiger partial charge is 0.341 e. The molecule has 0 amide bonds. The summed E-state index contributed by atoms with van der Waals surface area (Å²) < 4.78 is 50.6. The highest BCUT2D eigenvalue weighted by atomic mass is 35.5. The molecule has 1 aliphatic heterocycles. The molecule has 31 heavy (non-hydrogen) atoms. The van der Waals surface area contributed by atoms with Crippen LogP contribution in [0.4, 0.5) is 14.7 Å². The Hall–Kier alpha value is -2.17. The molecule has 0 unspecified atom stereocenters. The first-order valence-electron chi connectivity index (χ1n) is 9.56. The first-order valence-corrected chi connectivity index (χ1v) is 12.5. The van der Waals surface area contributed by atoms with Crippen molar-refractivity contribution in [2.75, 3.05) is 18.0 Å². The van der Waals surface area contributed by atoms with Crippen molar-refractivity contribution >= 4 is 39.1 Å². The van der Waals surface area contributed by atoms with E-state index >= 15 is 0 Å². The SMILES string of the molecule is O=S(=O)(c1ccc(CSc2nnc(N3CCCC3)n2-c2cccc(Cl)c2)cc1)C(F)F. The van der Waals surface area contributed by atoms with Crippen molar-refractivity contribution in [1.29, 1.82) is 0 Å². The number of thioether (sulfide) groups is 1. The van der Waals surface area contributed by atoms with Gasteiger partial charge in [0.25, 0.3) is 0 Å². The lowest BCUT2D eigenvalue weighted by atomic mass is 10.2. The molecule has 0 saturated carbocycles. The lowest BCUT2D eigenvalue weighted by Crippen LogP contribution is -2.22. The van der Waals surface area contributed by atoms with E-state index in [1.165, 1.54) is 36.0 Å². The fourth-order valence-electron chi connectivity index (χ4n) is 3.34. The molecule has 2 heterocycles. The van der Waals surface area contributed by atoms with Gasteiger partial charge in [-0.1, -0.05) is 41.6 Å². The summed E-state index contributed by atoms with van der Waals surface area (Å²) >= 11 is 7.62. The second kappa shape index (κ2) is 9.13. The summed E-state index contributed by atoms with van der Waals surface area (Å²) in [5.41, 5.74) is 1.63. The summed E-state index contributed by atoms with van der Waals surface area (Å²) in [6.07, 6.45) is 2.19. The minimum atomic E-state index is -4.60. The van der Waals surface area contributed by atoms with E-state index in [-0.39, 0.29) is 0 Å². The summed E-state index contributed by atoms with van der Waals surface area (Å²) in [5.74, 6) is -2.22. The predicted octanol–water partition coefficient (Wildman–Crippen LogP) is 4.81. The first-order chi connectivity index (χ1) is 14.9. The molecule has 0 radical (unpaired) electrons. The van der Waals surface area contributed by atoms with Gasteiger partial charge in [-0.3, -0.25) is 4.57 Å². The van der Waals surface area contributed by atoms with Crippen LogP contribution in [0.5, 0.6) is 0 Å². The topological polar surface area (TPSA) is 68.1 Å². The van der Waals surface area contributed by atoms with Crippen molar-refractivity contribution in [1.82, 2.24) is 14.8 Å². The molecule has 1 aromatic heterocycles. The molecule has 0 bridgehead atoms. The number of aromatic nitrogens is 3. The third-order valence-corrected chi connectivity index (χ3v) is 7.56. The van der Waals surface area contributed by atoms with Gasteiger partial charge in [0.15, 0.2) is 5.16 Å². The maximum atomic E-state index is 12.7. The van der Waals surface area contributed by atoms with Crippen molar-refractivity contribution in [3.05, 3.63) is 59.1 Å². The minimum absolute atomic E-state index is 0.394. The molecule has 1 saturated heterocycles. The molecule has 3 aromatic rings. The molecular formula is C20H19ClF2N4O2S2. The van der Waals surface area contributed by atoms with Gasteiger partial charge in [-0.05, 0) is 48.7 Å². The molecule has 164 valence electrons. The fraction of sp³-hybridized carbons (Fsp3) is 0.300. The van der Waals surface area contributed by atoms with Gasteiger partial charge in [-0.2, -0.15) is 8.78 Å². The second-order valence-electron chi connectivity index (χ2n) is 7.03. The third-order valence-electron chi connectivity index (χ3n) is 4.93. The monoisotopic (exact) mass is 484 g/mol. The molecule has 2 aromatic carbocycles. The molecule has 0 spiro atoms. The van der Waals surface area contributed by atoms with Gasteiger partial charge < -0.3 is 4.90 Å². The molecule has 1 aliphatic rings. The number of rotatable bonds is 7. The Morgan fingerprint density at radius 3 is 2.42 bits per heavy atom. The molecule has 6 nitrogen and oxygen atoms in total. The summed E-state index contributed by atoms with van der Waals surface area (Å²) in [5, 5.41) is 10.0. The molecule has 4 rings (SSSR count). The lowest BCUT2D eigenvalue weighted by molar-refractivity contribution is 0.234. The highest BCUT2D eigenvalue weighted by Crippen LogP contribution is 2.31. The van der Waals surface area contributed by atoms with Crippen LogP contribution in [-0.2, 0) is 15.6 Å². The van der Waals surface area contributed by atoms with Gasteiger partial charge in [0, 0.05) is 23.9 Å². The van der Waals surface area contributed by atoms with Gasteiger partial charge in [-0.25, -0.2) is 8.42 Å². The summed E-state index contributed by atoms with van der Waals surface area (Å²) in [7, 11) is -4.60. The Kier molecular flexibility index (Phi) is 6.49. The van der Waals surface area contributed by atoms with E-state index in [4.69, 9.17) is 11.6 Å². The Balaban J connectivity index is 1.59. The quantitative estimate of drug-likeness (QED) is 0.448. The van der Waals surface area contributed by atoms with Crippen LogP contribution in [0.2, 0.25) is 5.02 Å². The number of nitrogens with zero attached hydrogens (tertiary/aromatic N) is 4. The van der Waals surface area contributed by atoms with E-state index in [1.54, 1.807) is 6.07 Å². The Morgan fingerprint density at radius 2 is 1.77 bits per heavy atom. The molecule has 0 aliphatic carbocycles. The maximum Gasteiger partial charge on any atom is 0.341 e. The second-order valence-corrected chi connectivity index (χ2v) is 10.3. The number of alkyl halides is 2. The molecule has 0 atom stereocenters. The highest BCUT2D eigenvalue weighted by molar-refractivity contribution is 7.98. The van der Waals surface area contributed by atoms with Gasteiger partial charge in [0.2, 0.25) is 15.8 Å². The van der Waals surface area contributed by atoms with E-state index in [0.29, 0.717) is 15.9 Å². The minimum Gasteiger partial charge on any atom is -0.341 e. The molecule has 0 N–H and O–H groups in total. The summed E-state index contributed by atoms with van der Waals surface area (Å²) in [6, 6.07) is 12.9. The Labute approximate surface area is 188 Å². The standard InChI is InChI=1S/C20H19ClF2N4O2S2/c21-15-4-3-5-16(12-15)27-19(26-10-1-2-11-26)24-25-20(27)30-13-14-6-8-17(9-7-14)31(28,29)18(22)23/h3-9,12,18H,1-2,10-11,13H2. The normalized spacial score (nSPS) is 14.5. The van der Waals surface area contributed by atoms with Crippen LogP contribution in [-0.4, -0.2) is 42.0 Å². The number of benzene rings is 2. The zero-order chi connectivity index (χ0) is 22.0. The fourth-order valence-corrected chi connectivity index (χ4v) is 5.15. The number of anilines is 1. The summed E-state index contributed by atoms with van der Waals surface area (Å²) in [6.45, 7) is 1.81. The van der Waals surface area contributed by atoms with E-state index < -0.39 is 20.5 Å². The average molecular weight is 485 g/mol. The van der Waals surface area contributed by atoms with Crippen LogP contribution >= 0.6 is 23.4 Å². The van der Waals surface area contributed by atoms with Crippen LogP contribution in [0, 0.1) is 0 Å². The van der Waals surface area contributed by atoms with Crippen molar-refractivity contribution < 1.29 is 17.2 Å². The van der Waals surface area contributed by atoms with Crippen LogP contribution in [0.15, 0.2) is 58.6 Å². The Bertz CT molecular complexity index is 1160.